The normalized spacial score (nSPS) is 16.3. The van der Waals surface area contributed by atoms with Gasteiger partial charge in [-0.25, -0.2) is 4.99 Å². The molecule has 2 heterocycles. The second kappa shape index (κ2) is 8.53. The van der Waals surface area contributed by atoms with Crippen LogP contribution in [0, 0.1) is 13.8 Å². The lowest BCUT2D eigenvalue weighted by Gasteiger charge is -2.10. The molecule has 1 aliphatic rings. The highest BCUT2D eigenvalue weighted by Gasteiger charge is 2.24. The molecule has 30 heavy (non-hydrogen) atoms. The topological polar surface area (TPSA) is 55.6 Å². The molecule has 5 nitrogen and oxygen atoms in total. The molecule has 1 saturated heterocycles. The molecule has 3 aromatic rings. The van der Waals surface area contributed by atoms with Gasteiger partial charge in [0.2, 0.25) is 0 Å². The highest BCUT2D eigenvalue weighted by Crippen LogP contribution is 2.31. The maximum Gasteiger partial charge on any atom is 0.264 e. The maximum absolute atomic E-state index is 12.5. The van der Waals surface area contributed by atoms with Crippen molar-refractivity contribution in [2.24, 2.45) is 4.99 Å². The van der Waals surface area contributed by atoms with Crippen LogP contribution < -0.4 is 10.1 Å². The molecule has 2 aromatic carbocycles. The Hall–Kier alpha value is -2.77. The Morgan fingerprint density at radius 3 is 2.60 bits per heavy atom. The van der Waals surface area contributed by atoms with E-state index in [4.69, 9.17) is 4.74 Å². The summed E-state index contributed by atoms with van der Waals surface area (Å²) in [4.78, 5) is 17.6. The number of halogens is 1. The minimum absolute atomic E-state index is 0.139. The van der Waals surface area contributed by atoms with Crippen LogP contribution in [0.2, 0.25) is 0 Å². The number of methoxy groups -OCH3 is 1. The monoisotopic (exact) mass is 481 g/mol. The third-order valence-electron chi connectivity index (χ3n) is 4.78. The first kappa shape index (κ1) is 20.5. The van der Waals surface area contributed by atoms with E-state index in [1.165, 1.54) is 11.8 Å². The Morgan fingerprint density at radius 2 is 1.90 bits per heavy atom. The summed E-state index contributed by atoms with van der Waals surface area (Å²) in [5, 5.41) is 3.41. The number of nitrogens with zero attached hydrogens (tertiary/aromatic N) is 2. The molecular weight excluding hydrogens is 462 g/mol. The molecule has 1 aliphatic heterocycles. The molecule has 0 radical (unpaired) electrons. The molecule has 0 aliphatic carbocycles. The van der Waals surface area contributed by atoms with Crippen molar-refractivity contribution in [1.82, 2.24) is 9.88 Å². The van der Waals surface area contributed by atoms with Gasteiger partial charge in [-0.15, -0.1) is 0 Å². The lowest BCUT2D eigenvalue weighted by atomic mass is 10.2. The number of amidine groups is 1. The van der Waals surface area contributed by atoms with E-state index >= 15 is 0 Å². The van der Waals surface area contributed by atoms with Crippen LogP contribution in [-0.2, 0) is 4.79 Å². The van der Waals surface area contributed by atoms with Gasteiger partial charge in [-0.3, -0.25) is 4.79 Å². The number of hydrogen-bond acceptors (Lipinski definition) is 4. The van der Waals surface area contributed by atoms with Crippen LogP contribution in [0.4, 0.5) is 5.69 Å². The summed E-state index contributed by atoms with van der Waals surface area (Å²) < 4.78 is 8.37. The Kier molecular flexibility index (Phi) is 5.83. The molecule has 0 spiro atoms. The van der Waals surface area contributed by atoms with Crippen molar-refractivity contribution in [2.75, 3.05) is 7.11 Å². The molecule has 152 valence electrons. The third-order valence-corrected chi connectivity index (χ3v) is 6.18. The Labute approximate surface area is 188 Å². The average molecular weight is 482 g/mol. The zero-order valence-electron chi connectivity index (χ0n) is 16.8. The summed E-state index contributed by atoms with van der Waals surface area (Å²) in [5.41, 5.74) is 5.03. The quantitative estimate of drug-likeness (QED) is 0.482. The third kappa shape index (κ3) is 4.22. The number of aromatic nitrogens is 1. The summed E-state index contributed by atoms with van der Waals surface area (Å²) in [6.45, 7) is 4.12. The van der Waals surface area contributed by atoms with E-state index in [0.717, 1.165) is 38.5 Å². The predicted molar refractivity (Wildman–Crippen MR) is 127 cm³/mol. The van der Waals surface area contributed by atoms with Crippen LogP contribution >= 0.6 is 27.7 Å². The van der Waals surface area contributed by atoms with E-state index in [2.05, 4.69) is 62.9 Å². The highest BCUT2D eigenvalue weighted by molar-refractivity contribution is 9.10. The maximum atomic E-state index is 12.5. The number of carbonyl (C=O) groups is 1. The van der Waals surface area contributed by atoms with E-state index in [1.807, 2.05) is 42.5 Å². The molecule has 1 aromatic heterocycles. The largest absolute Gasteiger partial charge is 0.497 e. The number of nitrogens with one attached hydrogen (secondary N) is 1. The van der Waals surface area contributed by atoms with Gasteiger partial charge in [-0.05, 0) is 85.8 Å². The van der Waals surface area contributed by atoms with Crippen molar-refractivity contribution in [3.63, 3.8) is 0 Å². The fourth-order valence-corrected chi connectivity index (χ4v) is 4.56. The van der Waals surface area contributed by atoms with Crippen molar-refractivity contribution in [3.8, 4) is 11.4 Å². The zero-order chi connectivity index (χ0) is 21.3. The highest BCUT2D eigenvalue weighted by atomic mass is 79.9. The van der Waals surface area contributed by atoms with Crippen molar-refractivity contribution in [2.45, 2.75) is 13.8 Å². The number of thioether (sulfide) groups is 1. The zero-order valence-corrected chi connectivity index (χ0v) is 19.2. The molecule has 0 unspecified atom stereocenters. The van der Waals surface area contributed by atoms with E-state index < -0.39 is 0 Å². The first-order valence-electron chi connectivity index (χ1n) is 9.33. The second-order valence-electron chi connectivity index (χ2n) is 6.82. The van der Waals surface area contributed by atoms with Gasteiger partial charge in [0, 0.05) is 21.5 Å². The summed E-state index contributed by atoms with van der Waals surface area (Å²) >= 11 is 4.88. The van der Waals surface area contributed by atoms with Crippen molar-refractivity contribution in [3.05, 3.63) is 80.9 Å². The number of carbonyl (C=O) groups excluding carboxylic acids is 1. The van der Waals surface area contributed by atoms with Gasteiger partial charge < -0.3 is 14.6 Å². The predicted octanol–water partition coefficient (Wildman–Crippen LogP) is 5.76. The SMILES string of the molecule is COc1ccc(N=C2NC(=O)/C(=C\c3cc(C)n(-c4cccc(Br)c4)c3C)S2)cc1. The molecule has 1 fully saturated rings. The molecule has 7 heteroatoms. The fraction of sp³-hybridized carbons (Fsp3) is 0.130. The van der Waals surface area contributed by atoms with Crippen LogP contribution in [0.1, 0.15) is 17.0 Å². The smallest absolute Gasteiger partial charge is 0.264 e. The Bertz CT molecular complexity index is 1180. The number of amides is 1. The number of hydrogen-bond donors (Lipinski definition) is 1. The molecule has 0 bridgehead atoms. The van der Waals surface area contributed by atoms with Gasteiger partial charge in [-0.2, -0.15) is 0 Å². The van der Waals surface area contributed by atoms with Crippen LogP contribution in [-0.4, -0.2) is 22.8 Å². The molecule has 0 saturated carbocycles. The summed E-state index contributed by atoms with van der Waals surface area (Å²) in [6.07, 6.45) is 1.92. The summed E-state index contributed by atoms with van der Waals surface area (Å²) in [6, 6.07) is 17.6. The summed E-state index contributed by atoms with van der Waals surface area (Å²) in [7, 11) is 1.62. The van der Waals surface area contributed by atoms with Gasteiger partial charge in [-0.1, -0.05) is 22.0 Å². The molecular formula is C23H20BrN3O2S. The van der Waals surface area contributed by atoms with Gasteiger partial charge in [0.15, 0.2) is 5.17 Å². The average Bonchev–Trinajstić information content (AvgIpc) is 3.20. The van der Waals surface area contributed by atoms with Crippen molar-refractivity contribution >= 4 is 50.5 Å². The Balaban J connectivity index is 1.61. The van der Waals surface area contributed by atoms with Gasteiger partial charge >= 0.3 is 0 Å². The minimum Gasteiger partial charge on any atom is -0.497 e. The summed E-state index contributed by atoms with van der Waals surface area (Å²) in [5.74, 6) is 0.628. The molecule has 4 rings (SSSR count). The Morgan fingerprint density at radius 1 is 1.13 bits per heavy atom. The van der Waals surface area contributed by atoms with Crippen molar-refractivity contribution in [1.29, 1.82) is 0 Å². The van der Waals surface area contributed by atoms with E-state index in [1.54, 1.807) is 7.11 Å². The minimum atomic E-state index is -0.139. The lowest BCUT2D eigenvalue weighted by molar-refractivity contribution is -0.115. The van der Waals surface area contributed by atoms with Gasteiger partial charge in [0.05, 0.1) is 17.7 Å². The first-order chi connectivity index (χ1) is 14.4. The van der Waals surface area contributed by atoms with Crippen LogP contribution in [0.3, 0.4) is 0 Å². The fourth-order valence-electron chi connectivity index (χ4n) is 3.34. The number of ether oxygens (including phenoxy) is 1. The number of aliphatic imine (C=N–C) groups is 1. The van der Waals surface area contributed by atoms with E-state index in [-0.39, 0.29) is 5.91 Å². The van der Waals surface area contributed by atoms with Gasteiger partial charge in [0.25, 0.3) is 5.91 Å². The number of aryl methyl sites for hydroxylation is 1. The molecule has 1 amide bonds. The number of rotatable bonds is 4. The van der Waals surface area contributed by atoms with Crippen LogP contribution in [0.5, 0.6) is 5.75 Å². The van der Waals surface area contributed by atoms with E-state index in [0.29, 0.717) is 10.1 Å². The second-order valence-corrected chi connectivity index (χ2v) is 8.77. The molecule has 1 N–H and O–H groups in total. The van der Waals surface area contributed by atoms with E-state index in [9.17, 15) is 4.79 Å². The number of benzene rings is 2. The van der Waals surface area contributed by atoms with Crippen LogP contribution in [0.25, 0.3) is 11.8 Å². The standard InChI is InChI=1S/C23H20BrN3O2S/c1-14-11-16(15(2)27(14)19-6-4-5-17(24)13-19)12-21-22(28)26-23(30-21)25-18-7-9-20(29-3)10-8-18/h4-13H,1-3H3,(H,25,26,28)/b21-12+. The lowest BCUT2D eigenvalue weighted by Crippen LogP contribution is -2.19. The van der Waals surface area contributed by atoms with Crippen molar-refractivity contribution < 1.29 is 9.53 Å². The van der Waals surface area contributed by atoms with Gasteiger partial charge in [0.1, 0.15) is 5.75 Å². The first-order valence-corrected chi connectivity index (χ1v) is 10.9. The molecule has 0 atom stereocenters. The van der Waals surface area contributed by atoms with Crippen LogP contribution in [0.15, 0.2) is 69.0 Å².